The van der Waals surface area contributed by atoms with Gasteiger partial charge >= 0.3 is 5.97 Å². The molecule has 73 heavy (non-hydrogen) atoms. The number of aliphatic hydroxyl groups excluding tert-OH is 2. The number of carbonyl (C=O) groups excluding carboxylic acids is 6. The van der Waals surface area contributed by atoms with Gasteiger partial charge in [-0.3, -0.25) is 33.6 Å². The van der Waals surface area contributed by atoms with Gasteiger partial charge in [-0.05, 0) is 99.8 Å². The lowest BCUT2D eigenvalue weighted by Gasteiger charge is -2.63. The van der Waals surface area contributed by atoms with Gasteiger partial charge in [0.2, 0.25) is 23.6 Å². The minimum atomic E-state index is -2.36. The van der Waals surface area contributed by atoms with Gasteiger partial charge in [0, 0.05) is 40.5 Å². The van der Waals surface area contributed by atoms with Gasteiger partial charge in [0.15, 0.2) is 29.1 Å². The average molecular weight is 1040 g/mol. The largest absolute Gasteiger partial charge is 0.495 e. The number of amides is 4. The molecular formula is C53H66F2N4O13S. The maximum atomic E-state index is 17.8. The fourth-order valence-electron chi connectivity index (χ4n) is 11.9. The van der Waals surface area contributed by atoms with Crippen LogP contribution in [-0.2, 0) is 49.5 Å². The number of hydrogen-bond acceptors (Lipinski definition) is 13. The maximum absolute atomic E-state index is 17.8. The summed E-state index contributed by atoms with van der Waals surface area (Å²) < 4.78 is 52.5. The second-order valence-electron chi connectivity index (χ2n) is 20.4. The van der Waals surface area contributed by atoms with Crippen LogP contribution >= 0.6 is 11.8 Å². The number of aliphatic hydroxyl groups is 2. The second-order valence-corrected chi connectivity index (χ2v) is 22.1. The molecule has 1 heterocycles. The van der Waals surface area contributed by atoms with Gasteiger partial charge in [0.25, 0.3) is 0 Å². The normalized spacial score (nSPS) is 31.5. The van der Waals surface area contributed by atoms with Crippen molar-refractivity contribution in [1.29, 1.82) is 0 Å². The Labute approximate surface area is 427 Å². The number of ether oxygens (including phenoxy) is 3. The lowest BCUT2D eigenvalue weighted by molar-refractivity contribution is -0.235. The molecule has 396 valence electrons. The van der Waals surface area contributed by atoms with Crippen LogP contribution in [0.15, 0.2) is 66.3 Å². The highest BCUT2D eigenvalue weighted by Gasteiger charge is 2.80. The van der Waals surface area contributed by atoms with Gasteiger partial charge in [-0.15, -0.1) is 11.8 Å². The number of halogens is 2. The Morgan fingerprint density at radius 3 is 2.29 bits per heavy atom. The van der Waals surface area contributed by atoms with Crippen LogP contribution in [0, 0.1) is 22.7 Å². The highest BCUT2D eigenvalue weighted by atomic mass is 32.2. The smallest absolute Gasteiger partial charge is 0.305 e. The number of benzene rings is 2. The lowest BCUT2D eigenvalue weighted by atomic mass is 9.44. The summed E-state index contributed by atoms with van der Waals surface area (Å²) in [6.07, 6.45) is -1.44. The first-order valence-corrected chi connectivity index (χ1v) is 25.6. The van der Waals surface area contributed by atoms with Gasteiger partial charge in [0.1, 0.15) is 30.6 Å². The van der Waals surface area contributed by atoms with Crippen molar-refractivity contribution < 1.29 is 71.9 Å². The van der Waals surface area contributed by atoms with E-state index in [1.165, 1.54) is 51.8 Å². The molecule has 0 aromatic heterocycles. The SMILES string of the molecule is CCC(C)SC(CC(=O)O)C(=O)NCCC(=O)N[C@@H](C)C(=O)N[C@@H](C)C(=O)Nc1ccc(Cc2ccc([C@@H]3O[C@@H]4C[C@H]5[C@@H]6C[C@H](F)C7=CC(=O)C=C[C@]7(C)[C@@]6(F)[C@@H](O)C[C@]5(C)[C@]4(C(=O)CO)O3)cc2)cc1OC. The van der Waals surface area contributed by atoms with E-state index in [-0.39, 0.29) is 49.5 Å². The molecule has 4 fully saturated rings. The molecule has 20 heteroatoms. The third-order valence-electron chi connectivity index (χ3n) is 15.9. The third-order valence-corrected chi connectivity index (χ3v) is 17.4. The Morgan fingerprint density at radius 1 is 0.945 bits per heavy atom. The summed E-state index contributed by atoms with van der Waals surface area (Å²) in [6.45, 7) is 9.01. The fourth-order valence-corrected chi connectivity index (χ4v) is 13.1. The van der Waals surface area contributed by atoms with Crippen molar-refractivity contribution in [2.75, 3.05) is 25.6 Å². The minimum Gasteiger partial charge on any atom is -0.495 e. The first kappa shape index (κ1) is 55.2. The monoisotopic (exact) mass is 1040 g/mol. The van der Waals surface area contributed by atoms with Crippen LogP contribution in [-0.4, -0.2) is 129 Å². The molecule has 5 aliphatic rings. The molecule has 14 atom stereocenters. The number of methoxy groups -OCH3 is 1. The van der Waals surface area contributed by atoms with Crippen LogP contribution in [0.3, 0.4) is 0 Å². The number of anilines is 1. The number of thioether (sulfide) groups is 1. The van der Waals surface area contributed by atoms with Crippen molar-refractivity contribution in [3.05, 3.63) is 83.0 Å². The molecule has 1 aliphatic heterocycles. The molecule has 0 radical (unpaired) electrons. The number of Topliss-reactive ketones (excluding diaryl/α,β-unsaturated/α-hetero) is 1. The van der Waals surface area contributed by atoms with Crippen molar-refractivity contribution in [2.24, 2.45) is 22.7 Å². The van der Waals surface area contributed by atoms with E-state index in [0.717, 1.165) is 23.6 Å². The zero-order valence-corrected chi connectivity index (χ0v) is 42.8. The van der Waals surface area contributed by atoms with Gasteiger partial charge < -0.3 is 50.8 Å². The van der Waals surface area contributed by atoms with Crippen LogP contribution in [0.2, 0.25) is 0 Å². The number of carbonyl (C=O) groups is 7. The molecular weight excluding hydrogens is 971 g/mol. The number of allylic oxidation sites excluding steroid dienone is 4. The number of fused-ring (bicyclic) bond motifs is 7. The predicted octanol–water partition coefficient (Wildman–Crippen LogP) is 4.76. The number of aliphatic carboxylic acids is 1. The number of hydrogen-bond donors (Lipinski definition) is 7. The van der Waals surface area contributed by atoms with Crippen LogP contribution in [0.1, 0.15) is 103 Å². The Bertz CT molecular complexity index is 2560. The summed E-state index contributed by atoms with van der Waals surface area (Å²) in [6, 6.07) is 10.4. The summed E-state index contributed by atoms with van der Waals surface area (Å²) in [5, 5.41) is 41.1. The lowest BCUT2D eigenvalue weighted by Crippen LogP contribution is -2.70. The van der Waals surface area contributed by atoms with E-state index >= 15 is 8.78 Å². The van der Waals surface area contributed by atoms with E-state index in [1.54, 1.807) is 37.3 Å². The quantitative estimate of drug-likeness (QED) is 0.0945. The van der Waals surface area contributed by atoms with E-state index in [4.69, 9.17) is 14.2 Å². The molecule has 1 saturated heterocycles. The summed E-state index contributed by atoms with van der Waals surface area (Å²) in [4.78, 5) is 88.9. The molecule has 3 saturated carbocycles. The molecule has 2 aromatic rings. The Kier molecular flexibility index (Phi) is 16.4. The van der Waals surface area contributed by atoms with Crippen LogP contribution < -0.4 is 26.0 Å². The number of rotatable bonds is 20. The second kappa shape index (κ2) is 21.7. The molecule has 0 bridgehead atoms. The number of carboxylic acids is 1. The summed E-state index contributed by atoms with van der Waals surface area (Å²) in [5.74, 6) is -5.86. The average Bonchev–Trinajstić information content (AvgIpc) is 3.85. The number of alkyl halides is 2. The fraction of sp³-hybridized carbons (Fsp3) is 0.566. The minimum absolute atomic E-state index is 0.00716. The predicted molar refractivity (Wildman–Crippen MR) is 265 cm³/mol. The van der Waals surface area contributed by atoms with Crippen LogP contribution in [0.5, 0.6) is 5.75 Å². The highest BCUT2D eigenvalue weighted by molar-refractivity contribution is 8.01. The number of carboxylic acid groups (broad SMARTS) is 1. The molecule has 7 rings (SSSR count). The first-order chi connectivity index (χ1) is 34.4. The van der Waals surface area contributed by atoms with Crippen molar-refractivity contribution >= 4 is 58.6 Å². The maximum Gasteiger partial charge on any atom is 0.305 e. The van der Waals surface area contributed by atoms with E-state index < -0.39 is 124 Å². The standard InChI is InChI=1S/C53H66F2N4O13S/c1-8-27(2)73-40(24-45(65)66)48(69)56-18-16-44(64)57-28(3)46(67)58-29(4)47(68)59-38-14-11-31(20-39(38)70-7)19-30-9-12-32(13-10-30)49-71-43-23-34-35-22-37(54)36-21-33(61)15-17-50(36,5)52(35,55)41(62)25-51(34,6)53(43,72-49)42(63)26-60/h9-15,17,20-21,27-29,34-35,37,40-41,43,49,60,62H,8,16,18-19,22-26H2,1-7H3,(H,56,69)(H,57,64)(H,58,67)(H,59,68)(H,65,66)/t27?,28-,29-,34-,35-,37-,40?,41-,43+,49+,50-,51-,52-,53+/m0/s1. The number of nitrogens with one attached hydrogen (secondary N) is 4. The molecule has 17 nitrogen and oxygen atoms in total. The number of ketones is 2. The first-order valence-electron chi connectivity index (χ1n) is 24.7. The van der Waals surface area contributed by atoms with Crippen molar-refractivity contribution in [2.45, 2.75) is 145 Å². The molecule has 0 spiro atoms. The van der Waals surface area contributed by atoms with E-state index in [0.29, 0.717) is 23.4 Å². The topological polar surface area (TPSA) is 256 Å². The molecule has 7 N–H and O–H groups in total. The summed E-state index contributed by atoms with van der Waals surface area (Å²) in [7, 11) is 1.44. The Balaban J connectivity index is 0.932. The van der Waals surface area contributed by atoms with E-state index in [1.807, 2.05) is 26.0 Å². The van der Waals surface area contributed by atoms with Crippen LogP contribution in [0.25, 0.3) is 0 Å². The molecule has 4 amide bonds. The van der Waals surface area contributed by atoms with Crippen molar-refractivity contribution in [1.82, 2.24) is 16.0 Å². The van der Waals surface area contributed by atoms with Gasteiger partial charge in [-0.2, -0.15) is 0 Å². The van der Waals surface area contributed by atoms with E-state index in [9.17, 15) is 48.9 Å². The third kappa shape index (κ3) is 10.3. The Hall–Kier alpha value is -5.54. The van der Waals surface area contributed by atoms with Crippen LogP contribution in [0.4, 0.5) is 14.5 Å². The molecule has 2 aromatic carbocycles. The summed E-state index contributed by atoms with van der Waals surface area (Å²) >= 11 is 1.25. The molecule has 2 unspecified atom stereocenters. The van der Waals surface area contributed by atoms with Gasteiger partial charge in [-0.1, -0.05) is 57.2 Å². The summed E-state index contributed by atoms with van der Waals surface area (Å²) in [5.41, 5.74) is -4.43. The van der Waals surface area contributed by atoms with Crippen molar-refractivity contribution in [3.8, 4) is 5.75 Å². The zero-order chi connectivity index (χ0) is 53.4. The van der Waals surface area contributed by atoms with E-state index in [2.05, 4.69) is 21.3 Å². The highest BCUT2D eigenvalue weighted by Crippen LogP contribution is 2.72. The zero-order valence-electron chi connectivity index (χ0n) is 42.0. The van der Waals surface area contributed by atoms with Gasteiger partial charge in [-0.25, -0.2) is 8.78 Å². The Morgan fingerprint density at radius 2 is 1.63 bits per heavy atom. The van der Waals surface area contributed by atoms with Crippen molar-refractivity contribution in [3.63, 3.8) is 0 Å². The molecule has 4 aliphatic carbocycles. The van der Waals surface area contributed by atoms with Gasteiger partial charge in [0.05, 0.1) is 36.7 Å².